The van der Waals surface area contributed by atoms with Crippen LogP contribution in [0.15, 0.2) is 59.5 Å². The summed E-state index contributed by atoms with van der Waals surface area (Å²) in [5.41, 5.74) is 0.658. The van der Waals surface area contributed by atoms with Gasteiger partial charge in [0.05, 0.1) is 4.90 Å². The van der Waals surface area contributed by atoms with Gasteiger partial charge in [-0.25, -0.2) is 8.42 Å². The Bertz CT molecular complexity index is 851. The van der Waals surface area contributed by atoms with Crippen LogP contribution in [-0.4, -0.2) is 38.4 Å². The van der Waals surface area contributed by atoms with Crippen molar-refractivity contribution in [2.45, 2.75) is 17.6 Å². The number of rotatable bonds is 6. The van der Waals surface area contributed by atoms with Gasteiger partial charge in [0.2, 0.25) is 10.0 Å². The number of benzene rings is 2. The van der Waals surface area contributed by atoms with Crippen LogP contribution in [0.3, 0.4) is 0 Å². The number of carbonyl (C=O) groups excluding carboxylic acids is 1. The molecule has 2 aromatic carbocycles. The monoisotopic (exact) mass is 386 g/mol. The average Bonchev–Trinajstić information content (AvgIpc) is 2.60. The minimum atomic E-state index is -4.48. The van der Waals surface area contributed by atoms with Gasteiger partial charge in [-0.3, -0.25) is 4.79 Å². The zero-order valence-electron chi connectivity index (χ0n) is 13.8. The Morgan fingerprint density at radius 3 is 2.15 bits per heavy atom. The van der Waals surface area contributed by atoms with E-state index in [0.29, 0.717) is 5.56 Å². The van der Waals surface area contributed by atoms with Gasteiger partial charge in [-0.05, 0) is 29.8 Å². The van der Waals surface area contributed by atoms with Gasteiger partial charge < -0.3 is 5.32 Å². The van der Waals surface area contributed by atoms with Gasteiger partial charge in [-0.1, -0.05) is 30.3 Å². The molecule has 0 aromatic heterocycles. The maximum atomic E-state index is 12.4. The summed E-state index contributed by atoms with van der Waals surface area (Å²) < 4.78 is 62.4. The second-order valence-corrected chi connectivity index (χ2v) is 7.61. The van der Waals surface area contributed by atoms with Gasteiger partial charge in [0.1, 0.15) is 6.54 Å². The van der Waals surface area contributed by atoms with Crippen molar-refractivity contribution in [1.82, 2.24) is 9.62 Å². The third-order valence-electron chi connectivity index (χ3n) is 3.52. The van der Waals surface area contributed by atoms with Gasteiger partial charge in [0.25, 0.3) is 5.91 Å². The van der Waals surface area contributed by atoms with Crippen molar-refractivity contribution in [2.24, 2.45) is 0 Å². The van der Waals surface area contributed by atoms with Crippen molar-refractivity contribution in [3.05, 3.63) is 65.7 Å². The molecule has 1 amide bonds. The van der Waals surface area contributed by atoms with Crippen molar-refractivity contribution in [1.29, 1.82) is 0 Å². The number of carbonyl (C=O) groups is 1. The van der Waals surface area contributed by atoms with Crippen molar-refractivity contribution < 1.29 is 26.4 Å². The van der Waals surface area contributed by atoms with Crippen LogP contribution in [0.2, 0.25) is 0 Å². The number of hydrogen-bond acceptors (Lipinski definition) is 3. The highest BCUT2D eigenvalue weighted by Gasteiger charge is 2.28. The smallest absolute Gasteiger partial charge is 0.343 e. The molecule has 9 heteroatoms. The summed E-state index contributed by atoms with van der Waals surface area (Å²) in [6, 6.07) is 13.6. The molecule has 0 saturated carbocycles. The summed E-state index contributed by atoms with van der Waals surface area (Å²) in [7, 11) is -2.24. The third-order valence-corrected chi connectivity index (χ3v) is 5.34. The molecule has 0 saturated heterocycles. The Morgan fingerprint density at radius 2 is 1.62 bits per heavy atom. The fraction of sp³-hybridized carbons (Fsp3) is 0.235. The van der Waals surface area contributed by atoms with Gasteiger partial charge in [0, 0.05) is 19.2 Å². The zero-order chi connectivity index (χ0) is 19.4. The Balaban J connectivity index is 2.04. The van der Waals surface area contributed by atoms with E-state index >= 15 is 0 Å². The van der Waals surface area contributed by atoms with Crippen LogP contribution in [0, 0.1) is 0 Å². The molecule has 0 aliphatic rings. The maximum absolute atomic E-state index is 12.4. The highest BCUT2D eigenvalue weighted by molar-refractivity contribution is 7.89. The Hall–Kier alpha value is -2.39. The fourth-order valence-corrected chi connectivity index (χ4v) is 3.34. The van der Waals surface area contributed by atoms with E-state index in [9.17, 15) is 26.4 Å². The number of nitrogens with zero attached hydrogens (tertiary/aromatic N) is 1. The molecule has 1 N–H and O–H groups in total. The number of hydrogen-bond donors (Lipinski definition) is 1. The number of amides is 1. The summed E-state index contributed by atoms with van der Waals surface area (Å²) >= 11 is 0. The van der Waals surface area contributed by atoms with Crippen molar-refractivity contribution >= 4 is 15.9 Å². The lowest BCUT2D eigenvalue weighted by molar-refractivity contribution is -0.123. The summed E-state index contributed by atoms with van der Waals surface area (Å²) in [6.45, 7) is -1.35. The standard InChI is InChI=1S/C17H17F3N2O3S/c1-22(26(24,25)15-5-3-2-4-6-15)11-13-7-9-14(10-8-13)16(23)21-12-17(18,19)20/h2-10H,11-12H2,1H3,(H,21,23). The molecule has 0 fully saturated rings. The Labute approximate surface area is 149 Å². The quantitative estimate of drug-likeness (QED) is 0.830. The van der Waals surface area contributed by atoms with Crippen LogP contribution in [-0.2, 0) is 16.6 Å². The molecule has 0 heterocycles. The predicted molar refractivity (Wildman–Crippen MR) is 89.9 cm³/mol. The molecule has 0 spiro atoms. The lowest BCUT2D eigenvalue weighted by Crippen LogP contribution is -2.33. The summed E-state index contributed by atoms with van der Waals surface area (Å²) in [6.07, 6.45) is -4.48. The molecule has 0 aliphatic heterocycles. The number of nitrogens with one attached hydrogen (secondary N) is 1. The van der Waals surface area contributed by atoms with E-state index in [1.165, 1.54) is 43.4 Å². The minimum absolute atomic E-state index is 0.0572. The molecule has 5 nitrogen and oxygen atoms in total. The largest absolute Gasteiger partial charge is 0.405 e. The number of alkyl halides is 3. The molecule has 0 atom stereocenters. The van der Waals surface area contributed by atoms with Crippen molar-refractivity contribution in [3.8, 4) is 0 Å². The Morgan fingerprint density at radius 1 is 1.04 bits per heavy atom. The Kier molecular flexibility index (Phi) is 6.04. The molecule has 0 bridgehead atoms. The molecule has 140 valence electrons. The van der Waals surface area contributed by atoms with Crippen molar-refractivity contribution in [2.75, 3.05) is 13.6 Å². The first-order valence-electron chi connectivity index (χ1n) is 7.55. The van der Waals surface area contributed by atoms with Gasteiger partial charge in [-0.2, -0.15) is 17.5 Å². The zero-order valence-corrected chi connectivity index (χ0v) is 14.6. The van der Waals surface area contributed by atoms with Gasteiger partial charge in [0.15, 0.2) is 0 Å². The van der Waals surface area contributed by atoms with E-state index in [1.54, 1.807) is 23.5 Å². The highest BCUT2D eigenvalue weighted by Crippen LogP contribution is 2.17. The molecule has 2 rings (SSSR count). The number of sulfonamides is 1. The van der Waals surface area contributed by atoms with Gasteiger partial charge >= 0.3 is 6.18 Å². The first kappa shape index (κ1) is 19.9. The molecule has 0 aliphatic carbocycles. The molecule has 0 unspecified atom stereocenters. The lowest BCUT2D eigenvalue weighted by atomic mass is 10.1. The molecule has 0 radical (unpaired) electrons. The summed E-state index contributed by atoms with van der Waals surface area (Å²) in [5.74, 6) is -0.848. The molecule has 26 heavy (non-hydrogen) atoms. The molecular formula is C17H17F3N2O3S. The first-order chi connectivity index (χ1) is 12.1. The SMILES string of the molecule is CN(Cc1ccc(C(=O)NCC(F)(F)F)cc1)S(=O)(=O)c1ccccc1. The van der Waals surface area contributed by atoms with E-state index in [2.05, 4.69) is 0 Å². The number of halogens is 3. The predicted octanol–water partition coefficient (Wildman–Crippen LogP) is 2.80. The van der Waals surface area contributed by atoms with Crippen molar-refractivity contribution in [3.63, 3.8) is 0 Å². The van der Waals surface area contributed by atoms with E-state index in [1.807, 2.05) is 0 Å². The third kappa shape index (κ3) is 5.30. The normalized spacial score (nSPS) is 12.2. The van der Waals surface area contributed by atoms with Crippen LogP contribution >= 0.6 is 0 Å². The van der Waals surface area contributed by atoms with E-state index < -0.39 is 28.7 Å². The van der Waals surface area contributed by atoms with E-state index in [-0.39, 0.29) is 17.0 Å². The lowest BCUT2D eigenvalue weighted by Gasteiger charge is -2.17. The van der Waals surface area contributed by atoms with Crippen LogP contribution in [0.1, 0.15) is 15.9 Å². The molecule has 2 aromatic rings. The van der Waals surface area contributed by atoms with Crippen LogP contribution < -0.4 is 5.32 Å². The minimum Gasteiger partial charge on any atom is -0.343 e. The topological polar surface area (TPSA) is 66.5 Å². The average molecular weight is 386 g/mol. The first-order valence-corrected chi connectivity index (χ1v) is 8.99. The van der Waals surface area contributed by atoms with E-state index in [4.69, 9.17) is 0 Å². The maximum Gasteiger partial charge on any atom is 0.405 e. The fourth-order valence-electron chi connectivity index (χ4n) is 2.16. The second-order valence-electron chi connectivity index (χ2n) is 5.57. The summed E-state index contributed by atoms with van der Waals surface area (Å²) in [4.78, 5) is 11.8. The van der Waals surface area contributed by atoms with E-state index in [0.717, 1.165) is 4.31 Å². The highest BCUT2D eigenvalue weighted by atomic mass is 32.2. The molecular weight excluding hydrogens is 369 g/mol. The van der Waals surface area contributed by atoms with Crippen LogP contribution in [0.25, 0.3) is 0 Å². The van der Waals surface area contributed by atoms with Gasteiger partial charge in [-0.15, -0.1) is 0 Å². The van der Waals surface area contributed by atoms with Crippen LogP contribution in [0.5, 0.6) is 0 Å². The second kappa shape index (κ2) is 7.88. The summed E-state index contributed by atoms with van der Waals surface area (Å²) in [5, 5.41) is 1.77. The van der Waals surface area contributed by atoms with Crippen LogP contribution in [0.4, 0.5) is 13.2 Å².